The van der Waals surface area contributed by atoms with Gasteiger partial charge in [-0.05, 0) is 73.5 Å². The van der Waals surface area contributed by atoms with Gasteiger partial charge in [0.15, 0.2) is 11.5 Å². The third-order valence-corrected chi connectivity index (χ3v) is 4.78. The van der Waals surface area contributed by atoms with Crippen LogP contribution in [-0.2, 0) is 0 Å². The van der Waals surface area contributed by atoms with Crippen LogP contribution in [0.5, 0.6) is 0 Å². The van der Waals surface area contributed by atoms with Crippen molar-refractivity contribution in [1.29, 1.82) is 5.26 Å². The van der Waals surface area contributed by atoms with Gasteiger partial charge >= 0.3 is 0 Å². The Balaban J connectivity index is 1.36. The molecule has 1 aliphatic rings. The Labute approximate surface area is 169 Å². The fourth-order valence-corrected chi connectivity index (χ4v) is 3.22. The van der Waals surface area contributed by atoms with E-state index in [0.717, 1.165) is 24.5 Å². The number of carbonyl (C=O) groups is 1. The van der Waals surface area contributed by atoms with Crippen molar-refractivity contribution in [2.75, 3.05) is 28.6 Å². The van der Waals surface area contributed by atoms with Crippen LogP contribution in [0.3, 0.4) is 0 Å². The molecule has 0 spiro atoms. The number of aromatic nitrogens is 2. The van der Waals surface area contributed by atoms with Gasteiger partial charge in [-0.25, -0.2) is 0 Å². The van der Waals surface area contributed by atoms with Crippen LogP contribution in [0.4, 0.5) is 22.9 Å². The molecule has 1 aliphatic heterocycles. The van der Waals surface area contributed by atoms with E-state index in [-0.39, 0.29) is 11.6 Å². The van der Waals surface area contributed by atoms with Crippen LogP contribution in [0.15, 0.2) is 60.7 Å². The second-order valence-electron chi connectivity index (χ2n) is 6.81. The molecule has 4 rings (SSSR count). The summed E-state index contributed by atoms with van der Waals surface area (Å²) < 4.78 is 0. The van der Waals surface area contributed by atoms with Crippen molar-refractivity contribution < 1.29 is 4.79 Å². The highest BCUT2D eigenvalue weighted by Gasteiger charge is 2.13. The lowest BCUT2D eigenvalue weighted by atomic mass is 10.2. The second-order valence-corrected chi connectivity index (χ2v) is 6.81. The molecule has 1 fully saturated rings. The zero-order valence-corrected chi connectivity index (χ0v) is 15.8. The largest absolute Gasteiger partial charge is 0.372 e. The molecule has 144 valence electrons. The maximum atomic E-state index is 12.4. The molecule has 1 saturated heterocycles. The molecule has 1 amide bonds. The fourth-order valence-electron chi connectivity index (χ4n) is 3.22. The highest BCUT2D eigenvalue weighted by molar-refractivity contribution is 6.02. The van der Waals surface area contributed by atoms with Crippen molar-refractivity contribution >= 4 is 28.8 Å². The molecule has 0 bridgehead atoms. The van der Waals surface area contributed by atoms with E-state index >= 15 is 0 Å². The van der Waals surface area contributed by atoms with Crippen LogP contribution < -0.4 is 15.5 Å². The number of hydrogen-bond donors (Lipinski definition) is 2. The molecule has 1 aromatic heterocycles. The summed E-state index contributed by atoms with van der Waals surface area (Å²) in [6, 6.07) is 20.2. The Morgan fingerprint density at radius 2 is 1.59 bits per heavy atom. The van der Waals surface area contributed by atoms with Crippen LogP contribution in [0.1, 0.15) is 28.9 Å². The van der Waals surface area contributed by atoms with E-state index in [4.69, 9.17) is 5.26 Å². The van der Waals surface area contributed by atoms with Gasteiger partial charge < -0.3 is 15.5 Å². The number of hydrogen-bond acceptors (Lipinski definition) is 6. The third-order valence-electron chi connectivity index (χ3n) is 4.78. The zero-order chi connectivity index (χ0) is 20.1. The van der Waals surface area contributed by atoms with Gasteiger partial charge in [0.1, 0.15) is 0 Å². The summed E-state index contributed by atoms with van der Waals surface area (Å²) in [5.74, 6) is 0.206. The molecular weight excluding hydrogens is 364 g/mol. The monoisotopic (exact) mass is 384 g/mol. The minimum absolute atomic E-state index is 0.235. The highest BCUT2D eigenvalue weighted by Crippen LogP contribution is 2.22. The average Bonchev–Trinajstić information content (AvgIpc) is 3.30. The summed E-state index contributed by atoms with van der Waals surface area (Å²) in [6.45, 7) is 2.17. The van der Waals surface area contributed by atoms with Crippen LogP contribution in [0, 0.1) is 11.3 Å². The van der Waals surface area contributed by atoms with Crippen LogP contribution in [0.25, 0.3) is 0 Å². The summed E-state index contributed by atoms with van der Waals surface area (Å²) in [6.07, 6.45) is 2.46. The standard InChI is InChI=1S/C22H20N6O/c23-15-16-3-5-17(6-4-16)24-21-12-11-20(26-27-21)22(29)25-18-7-9-19(10-8-18)28-13-1-2-14-28/h3-12H,1-2,13-14H2,(H,24,27)(H,25,29). The Hall–Kier alpha value is -3.92. The van der Waals surface area contributed by atoms with Crippen molar-refractivity contribution in [1.82, 2.24) is 10.2 Å². The molecule has 3 aromatic rings. The number of amides is 1. The summed E-state index contributed by atoms with van der Waals surface area (Å²) in [5, 5.41) is 22.8. The maximum absolute atomic E-state index is 12.4. The predicted octanol–water partition coefficient (Wildman–Crippen LogP) is 3.94. The molecule has 0 radical (unpaired) electrons. The molecule has 2 aromatic carbocycles. The lowest BCUT2D eigenvalue weighted by Gasteiger charge is -2.17. The number of rotatable bonds is 5. The Morgan fingerprint density at radius 1 is 0.897 bits per heavy atom. The number of benzene rings is 2. The van der Waals surface area contributed by atoms with Gasteiger partial charge in [0.25, 0.3) is 5.91 Å². The average molecular weight is 384 g/mol. The van der Waals surface area contributed by atoms with Gasteiger partial charge in [0, 0.05) is 30.2 Å². The van der Waals surface area contributed by atoms with Crippen LogP contribution in [0.2, 0.25) is 0 Å². The van der Waals surface area contributed by atoms with Crippen LogP contribution in [-0.4, -0.2) is 29.2 Å². The SMILES string of the molecule is N#Cc1ccc(Nc2ccc(C(=O)Nc3ccc(N4CCCC4)cc3)nn2)cc1. The first kappa shape index (κ1) is 18.4. The van der Waals surface area contributed by atoms with Gasteiger partial charge in [0.2, 0.25) is 0 Å². The first-order valence-corrected chi connectivity index (χ1v) is 9.48. The summed E-state index contributed by atoms with van der Waals surface area (Å²) in [4.78, 5) is 14.8. The van der Waals surface area contributed by atoms with E-state index in [0.29, 0.717) is 11.4 Å². The van der Waals surface area contributed by atoms with Crippen LogP contribution >= 0.6 is 0 Å². The van der Waals surface area contributed by atoms with Crippen molar-refractivity contribution in [2.45, 2.75) is 12.8 Å². The first-order valence-electron chi connectivity index (χ1n) is 9.48. The lowest BCUT2D eigenvalue weighted by molar-refractivity contribution is 0.102. The molecule has 7 heteroatoms. The van der Waals surface area contributed by atoms with Gasteiger partial charge in [-0.2, -0.15) is 5.26 Å². The lowest BCUT2D eigenvalue weighted by Crippen LogP contribution is -2.18. The Bertz CT molecular complexity index is 1020. The van der Waals surface area contributed by atoms with E-state index in [1.54, 1.807) is 36.4 Å². The van der Waals surface area contributed by atoms with Gasteiger partial charge in [-0.3, -0.25) is 4.79 Å². The Kier molecular flexibility index (Phi) is 5.34. The molecule has 0 aliphatic carbocycles. The molecule has 29 heavy (non-hydrogen) atoms. The molecule has 7 nitrogen and oxygen atoms in total. The molecule has 2 N–H and O–H groups in total. The summed E-state index contributed by atoms with van der Waals surface area (Å²) >= 11 is 0. The molecule has 0 saturated carbocycles. The van der Waals surface area contributed by atoms with Crippen molar-refractivity contribution in [3.63, 3.8) is 0 Å². The normalized spacial score (nSPS) is 13.0. The zero-order valence-electron chi connectivity index (χ0n) is 15.8. The van der Waals surface area contributed by atoms with E-state index in [1.807, 2.05) is 24.3 Å². The number of nitriles is 1. The Morgan fingerprint density at radius 3 is 2.21 bits per heavy atom. The van der Waals surface area contributed by atoms with E-state index in [1.165, 1.54) is 18.5 Å². The topological polar surface area (TPSA) is 93.9 Å². The molecule has 0 unspecified atom stereocenters. The van der Waals surface area contributed by atoms with Gasteiger partial charge in [-0.15, -0.1) is 10.2 Å². The third kappa shape index (κ3) is 4.50. The van der Waals surface area contributed by atoms with E-state index in [2.05, 4.69) is 31.8 Å². The second kappa shape index (κ2) is 8.40. The van der Waals surface area contributed by atoms with Gasteiger partial charge in [0.05, 0.1) is 11.6 Å². The molecular formula is C22H20N6O. The van der Waals surface area contributed by atoms with Crippen molar-refractivity contribution in [3.05, 3.63) is 71.9 Å². The maximum Gasteiger partial charge on any atom is 0.276 e. The van der Waals surface area contributed by atoms with Crippen molar-refractivity contribution in [3.8, 4) is 6.07 Å². The van der Waals surface area contributed by atoms with E-state index < -0.39 is 0 Å². The van der Waals surface area contributed by atoms with Gasteiger partial charge in [-0.1, -0.05) is 0 Å². The number of nitrogens with one attached hydrogen (secondary N) is 2. The molecule has 0 atom stereocenters. The number of anilines is 4. The fraction of sp³-hybridized carbons (Fsp3) is 0.182. The van der Waals surface area contributed by atoms with Crippen molar-refractivity contribution in [2.24, 2.45) is 0 Å². The predicted molar refractivity (Wildman–Crippen MR) is 112 cm³/mol. The number of carbonyl (C=O) groups excluding carboxylic acids is 1. The number of nitrogens with zero attached hydrogens (tertiary/aromatic N) is 4. The minimum Gasteiger partial charge on any atom is -0.372 e. The summed E-state index contributed by atoms with van der Waals surface area (Å²) in [5.41, 5.74) is 3.51. The highest BCUT2D eigenvalue weighted by atomic mass is 16.1. The summed E-state index contributed by atoms with van der Waals surface area (Å²) in [7, 11) is 0. The first-order chi connectivity index (χ1) is 14.2. The minimum atomic E-state index is -0.309. The smallest absolute Gasteiger partial charge is 0.276 e. The van der Waals surface area contributed by atoms with E-state index in [9.17, 15) is 4.79 Å². The quantitative estimate of drug-likeness (QED) is 0.692. The molecule has 2 heterocycles.